The fourth-order valence-corrected chi connectivity index (χ4v) is 6.83. The van der Waals surface area contributed by atoms with Crippen molar-refractivity contribution in [3.63, 3.8) is 0 Å². The van der Waals surface area contributed by atoms with Crippen LogP contribution in [0.1, 0.15) is 52.4 Å². The van der Waals surface area contributed by atoms with Gasteiger partial charge in [0.15, 0.2) is 13.1 Å². The van der Waals surface area contributed by atoms with E-state index in [9.17, 15) is 9.59 Å². The lowest BCUT2D eigenvalue weighted by Gasteiger charge is -2.59. The molecule has 1 unspecified atom stereocenters. The van der Waals surface area contributed by atoms with Crippen LogP contribution in [0.15, 0.2) is 24.3 Å². The predicted molar refractivity (Wildman–Crippen MR) is 121 cm³/mol. The Labute approximate surface area is 186 Å². The SMILES string of the molecule is CC[NH+](CC(=O)Nc1cccc(OC)c1)CC(=O)N[C@@H](C)C12CC3CC(CC(C3)C1)C2. The van der Waals surface area contributed by atoms with Gasteiger partial charge in [-0.3, -0.25) is 9.59 Å². The van der Waals surface area contributed by atoms with E-state index < -0.39 is 0 Å². The summed E-state index contributed by atoms with van der Waals surface area (Å²) < 4.78 is 5.21. The molecule has 4 fully saturated rings. The van der Waals surface area contributed by atoms with Crippen LogP contribution in [0.4, 0.5) is 5.69 Å². The number of hydrogen-bond acceptors (Lipinski definition) is 3. The molecule has 6 nitrogen and oxygen atoms in total. The molecular formula is C25H38N3O3+. The van der Waals surface area contributed by atoms with E-state index in [1.165, 1.54) is 38.5 Å². The number of benzene rings is 1. The van der Waals surface area contributed by atoms with Crippen LogP contribution in [0.25, 0.3) is 0 Å². The summed E-state index contributed by atoms with van der Waals surface area (Å²) in [7, 11) is 1.60. The second-order valence-electron chi connectivity index (χ2n) is 10.3. The third kappa shape index (κ3) is 5.05. The third-order valence-corrected chi connectivity index (χ3v) is 8.06. The number of ether oxygens (including phenoxy) is 1. The highest BCUT2D eigenvalue weighted by Gasteiger charge is 2.53. The molecule has 31 heavy (non-hydrogen) atoms. The Hall–Kier alpha value is -2.08. The van der Waals surface area contributed by atoms with E-state index in [4.69, 9.17) is 4.74 Å². The average Bonchev–Trinajstić information content (AvgIpc) is 2.72. The number of anilines is 1. The van der Waals surface area contributed by atoms with Gasteiger partial charge in [0.2, 0.25) is 0 Å². The molecule has 5 rings (SSSR count). The maximum Gasteiger partial charge on any atom is 0.279 e. The van der Waals surface area contributed by atoms with Crippen molar-refractivity contribution in [1.29, 1.82) is 0 Å². The molecule has 4 bridgehead atoms. The van der Waals surface area contributed by atoms with Crippen LogP contribution in [-0.4, -0.2) is 44.6 Å². The van der Waals surface area contributed by atoms with Crippen molar-refractivity contribution in [2.45, 2.75) is 58.4 Å². The second-order valence-corrected chi connectivity index (χ2v) is 10.3. The van der Waals surface area contributed by atoms with Crippen molar-refractivity contribution in [3.05, 3.63) is 24.3 Å². The van der Waals surface area contributed by atoms with Gasteiger partial charge < -0.3 is 20.3 Å². The minimum atomic E-state index is -0.0907. The van der Waals surface area contributed by atoms with Gasteiger partial charge in [-0.1, -0.05) is 6.07 Å². The lowest BCUT2D eigenvalue weighted by atomic mass is 9.48. The lowest BCUT2D eigenvalue weighted by Crippen LogP contribution is -3.14. The first-order valence-electron chi connectivity index (χ1n) is 12.0. The van der Waals surface area contributed by atoms with Crippen LogP contribution < -0.4 is 20.3 Å². The first-order valence-corrected chi connectivity index (χ1v) is 12.0. The molecule has 4 saturated carbocycles. The van der Waals surface area contributed by atoms with E-state index in [0.29, 0.717) is 23.4 Å². The molecule has 0 spiro atoms. The monoisotopic (exact) mass is 428 g/mol. The second kappa shape index (κ2) is 9.19. The Morgan fingerprint density at radius 2 is 1.71 bits per heavy atom. The van der Waals surface area contributed by atoms with Gasteiger partial charge in [0.05, 0.1) is 13.7 Å². The number of hydrogen-bond donors (Lipinski definition) is 3. The van der Waals surface area contributed by atoms with Crippen LogP contribution >= 0.6 is 0 Å². The molecule has 3 N–H and O–H groups in total. The van der Waals surface area contributed by atoms with E-state index in [1.807, 2.05) is 25.1 Å². The summed E-state index contributed by atoms with van der Waals surface area (Å²) >= 11 is 0. The molecule has 2 atom stereocenters. The fourth-order valence-electron chi connectivity index (χ4n) is 6.83. The summed E-state index contributed by atoms with van der Waals surface area (Å²) in [5.41, 5.74) is 1.01. The van der Waals surface area contributed by atoms with Gasteiger partial charge >= 0.3 is 0 Å². The number of nitrogens with one attached hydrogen (secondary N) is 3. The summed E-state index contributed by atoms with van der Waals surface area (Å²) in [6, 6.07) is 7.54. The van der Waals surface area contributed by atoms with E-state index >= 15 is 0 Å². The lowest BCUT2D eigenvalue weighted by molar-refractivity contribution is -0.881. The van der Waals surface area contributed by atoms with E-state index in [0.717, 1.165) is 29.2 Å². The third-order valence-electron chi connectivity index (χ3n) is 8.06. The van der Waals surface area contributed by atoms with E-state index in [1.54, 1.807) is 13.2 Å². The van der Waals surface area contributed by atoms with Crippen LogP contribution in [0.3, 0.4) is 0 Å². The molecule has 1 aromatic carbocycles. The van der Waals surface area contributed by atoms with Gasteiger partial charge in [0.25, 0.3) is 11.8 Å². The summed E-state index contributed by atoms with van der Waals surface area (Å²) in [6.07, 6.45) is 8.09. The molecule has 1 aromatic rings. The molecule has 0 aromatic heterocycles. The Bertz CT molecular complexity index is 774. The maximum atomic E-state index is 12.9. The molecule has 0 radical (unpaired) electrons. The number of carbonyl (C=O) groups excluding carboxylic acids is 2. The molecule has 0 aliphatic heterocycles. The van der Waals surface area contributed by atoms with Crippen LogP contribution in [-0.2, 0) is 9.59 Å². The number of rotatable bonds is 9. The van der Waals surface area contributed by atoms with E-state index in [2.05, 4.69) is 17.6 Å². The molecule has 4 aliphatic rings. The minimum Gasteiger partial charge on any atom is -0.497 e. The van der Waals surface area contributed by atoms with Gasteiger partial charge in [-0.05, 0) is 87.7 Å². The zero-order valence-corrected chi connectivity index (χ0v) is 19.2. The first kappa shape index (κ1) is 22.1. The summed E-state index contributed by atoms with van der Waals surface area (Å²) in [4.78, 5) is 26.3. The number of likely N-dealkylation sites (N-methyl/N-ethyl adjacent to an activating group) is 1. The van der Waals surface area contributed by atoms with Crippen LogP contribution in [0.2, 0.25) is 0 Å². The molecule has 6 heteroatoms. The summed E-state index contributed by atoms with van der Waals surface area (Å²) in [5.74, 6) is 3.31. The van der Waals surface area contributed by atoms with Gasteiger partial charge in [-0.2, -0.15) is 0 Å². The summed E-state index contributed by atoms with van der Waals surface area (Å²) in [5, 5.41) is 6.24. The average molecular weight is 429 g/mol. The molecular weight excluding hydrogens is 390 g/mol. The minimum absolute atomic E-state index is 0.0641. The highest BCUT2D eigenvalue weighted by molar-refractivity contribution is 5.91. The normalized spacial score (nSPS) is 30.5. The van der Waals surface area contributed by atoms with Crippen molar-refractivity contribution in [3.8, 4) is 5.75 Å². The Morgan fingerprint density at radius 1 is 1.10 bits per heavy atom. The zero-order valence-electron chi connectivity index (χ0n) is 19.2. The standard InChI is InChI=1S/C25H37N3O3/c1-4-28(16-24(30)27-21-6-5-7-22(11-21)31-3)15-23(29)26-17(2)25-12-18-8-19(13-25)10-20(9-18)14-25/h5-7,11,17-20H,4,8-10,12-16H2,1-3H3,(H,26,29)(H,27,30)/p+1/t17-,18?,19?,20?,25?/m0/s1. The van der Waals surface area contributed by atoms with Crippen LogP contribution in [0, 0.1) is 23.2 Å². The van der Waals surface area contributed by atoms with Crippen molar-refractivity contribution >= 4 is 17.5 Å². The van der Waals surface area contributed by atoms with Gasteiger partial charge in [-0.15, -0.1) is 0 Å². The molecule has 4 aliphatic carbocycles. The Balaban J connectivity index is 1.28. The number of carbonyl (C=O) groups is 2. The Kier molecular flexibility index (Phi) is 6.56. The molecule has 0 heterocycles. The molecule has 0 saturated heterocycles. The Morgan fingerprint density at radius 3 is 2.29 bits per heavy atom. The number of amides is 2. The zero-order chi connectivity index (χ0) is 22.0. The predicted octanol–water partition coefficient (Wildman–Crippen LogP) is 2.26. The van der Waals surface area contributed by atoms with Crippen molar-refractivity contribution in [2.24, 2.45) is 23.2 Å². The van der Waals surface area contributed by atoms with Gasteiger partial charge in [-0.25, -0.2) is 0 Å². The maximum absolute atomic E-state index is 12.9. The molecule has 170 valence electrons. The number of methoxy groups -OCH3 is 1. The van der Waals surface area contributed by atoms with Crippen molar-refractivity contribution < 1.29 is 19.2 Å². The summed E-state index contributed by atoms with van der Waals surface area (Å²) in [6.45, 7) is 5.56. The smallest absolute Gasteiger partial charge is 0.279 e. The highest BCUT2D eigenvalue weighted by Crippen LogP contribution is 2.61. The quantitative estimate of drug-likeness (QED) is 0.565. The van der Waals surface area contributed by atoms with E-state index in [-0.39, 0.29) is 24.4 Å². The fraction of sp³-hybridized carbons (Fsp3) is 0.680. The van der Waals surface area contributed by atoms with Crippen molar-refractivity contribution in [1.82, 2.24) is 5.32 Å². The topological polar surface area (TPSA) is 71.9 Å². The largest absolute Gasteiger partial charge is 0.497 e. The first-order chi connectivity index (χ1) is 14.9. The van der Waals surface area contributed by atoms with Crippen LogP contribution in [0.5, 0.6) is 5.75 Å². The highest BCUT2D eigenvalue weighted by atomic mass is 16.5. The number of quaternary nitrogens is 1. The van der Waals surface area contributed by atoms with Gasteiger partial charge in [0.1, 0.15) is 5.75 Å². The molecule has 2 amide bonds. The van der Waals surface area contributed by atoms with Crippen molar-refractivity contribution in [2.75, 3.05) is 32.1 Å². The van der Waals surface area contributed by atoms with Gasteiger partial charge in [0, 0.05) is 17.8 Å².